The van der Waals surface area contributed by atoms with E-state index < -0.39 is 0 Å². The summed E-state index contributed by atoms with van der Waals surface area (Å²) >= 11 is 1.70. The average Bonchev–Trinajstić information content (AvgIpc) is 3.25. The van der Waals surface area contributed by atoms with Crippen molar-refractivity contribution in [1.29, 1.82) is 0 Å². The van der Waals surface area contributed by atoms with E-state index in [0.29, 0.717) is 6.54 Å². The first-order valence-electron chi connectivity index (χ1n) is 10.3. The van der Waals surface area contributed by atoms with Crippen molar-refractivity contribution in [3.63, 3.8) is 0 Å². The van der Waals surface area contributed by atoms with E-state index in [9.17, 15) is 4.79 Å². The highest BCUT2D eigenvalue weighted by molar-refractivity contribution is 7.22. The number of piperidine rings is 1. The van der Waals surface area contributed by atoms with Crippen LogP contribution in [-0.4, -0.2) is 24.0 Å². The minimum absolute atomic E-state index is 0.0467. The quantitative estimate of drug-likeness (QED) is 0.459. The highest BCUT2D eigenvalue weighted by Crippen LogP contribution is 2.32. The Kier molecular flexibility index (Phi) is 5.20. The lowest BCUT2D eigenvalue weighted by Gasteiger charge is -2.31. The molecule has 1 aliphatic heterocycles. The van der Waals surface area contributed by atoms with Gasteiger partial charge in [0.25, 0.3) is 0 Å². The number of hydrogen-bond donors (Lipinski definition) is 1. The van der Waals surface area contributed by atoms with Gasteiger partial charge in [0.05, 0.1) is 16.1 Å². The lowest BCUT2D eigenvalue weighted by molar-refractivity contribution is -0.120. The van der Waals surface area contributed by atoms with Crippen molar-refractivity contribution in [2.24, 2.45) is 5.92 Å². The number of anilines is 2. The molecule has 1 amide bonds. The molecule has 5 heteroatoms. The maximum absolute atomic E-state index is 13.1. The van der Waals surface area contributed by atoms with Crippen molar-refractivity contribution >= 4 is 38.3 Å². The molecule has 5 rings (SSSR count). The van der Waals surface area contributed by atoms with Crippen LogP contribution in [0, 0.1) is 5.92 Å². The van der Waals surface area contributed by atoms with Crippen LogP contribution >= 0.6 is 11.3 Å². The molecule has 4 nitrogen and oxygen atoms in total. The summed E-state index contributed by atoms with van der Waals surface area (Å²) in [6, 6.07) is 26.4. The van der Waals surface area contributed by atoms with Crippen LogP contribution in [0.2, 0.25) is 0 Å². The summed E-state index contributed by atoms with van der Waals surface area (Å²) in [5, 5.41) is 4.21. The molecule has 1 unspecified atom stereocenters. The van der Waals surface area contributed by atoms with Gasteiger partial charge in [0.2, 0.25) is 5.91 Å². The van der Waals surface area contributed by atoms with Gasteiger partial charge < -0.3 is 10.2 Å². The number of rotatable bonds is 4. The average molecular weight is 414 g/mol. The van der Waals surface area contributed by atoms with Crippen LogP contribution in [0.4, 0.5) is 10.8 Å². The number of nitrogens with one attached hydrogen (secondary N) is 1. The van der Waals surface area contributed by atoms with E-state index in [1.54, 1.807) is 11.3 Å². The summed E-state index contributed by atoms with van der Waals surface area (Å²) in [6.45, 7) is 1.66. The molecule has 0 saturated carbocycles. The Bertz CT molecular complexity index is 1140. The number of benzene rings is 3. The molecule has 4 aromatic rings. The second kappa shape index (κ2) is 8.28. The van der Waals surface area contributed by atoms with Gasteiger partial charge in [-0.3, -0.25) is 4.79 Å². The van der Waals surface area contributed by atoms with E-state index >= 15 is 0 Å². The third-order valence-corrected chi connectivity index (χ3v) is 6.71. The van der Waals surface area contributed by atoms with Crippen LogP contribution in [0.25, 0.3) is 21.3 Å². The first-order chi connectivity index (χ1) is 14.8. The molecule has 0 bridgehead atoms. The lowest BCUT2D eigenvalue weighted by Crippen LogP contribution is -2.40. The summed E-state index contributed by atoms with van der Waals surface area (Å²) in [4.78, 5) is 20.2. The number of hydrogen-bond acceptors (Lipinski definition) is 4. The topological polar surface area (TPSA) is 45.2 Å². The number of thiazole rings is 1. The molecule has 0 spiro atoms. The Morgan fingerprint density at radius 1 is 0.967 bits per heavy atom. The van der Waals surface area contributed by atoms with Crippen LogP contribution in [-0.2, 0) is 4.79 Å². The van der Waals surface area contributed by atoms with E-state index in [-0.39, 0.29) is 11.8 Å². The standard InChI is InChI=1S/C25H23N3OS/c29-24(26-21-13-5-4-12-20(21)18-9-2-1-3-10-18)19-11-8-16-28(17-19)25-27-22-14-6-7-15-23(22)30-25/h1-7,9-10,12-15,19H,8,11,16-17H2,(H,26,29). The minimum Gasteiger partial charge on any atom is -0.347 e. The van der Waals surface area contributed by atoms with Gasteiger partial charge in [-0.15, -0.1) is 0 Å². The Morgan fingerprint density at radius 2 is 1.73 bits per heavy atom. The number of carbonyl (C=O) groups is 1. The third-order valence-electron chi connectivity index (χ3n) is 5.62. The van der Waals surface area contributed by atoms with Crippen LogP contribution in [0.15, 0.2) is 78.9 Å². The molecule has 0 radical (unpaired) electrons. The van der Waals surface area contributed by atoms with E-state index in [4.69, 9.17) is 4.98 Å². The van der Waals surface area contributed by atoms with Crippen molar-refractivity contribution in [2.45, 2.75) is 12.8 Å². The van der Waals surface area contributed by atoms with E-state index in [2.05, 4.69) is 34.5 Å². The molecule has 150 valence electrons. The SMILES string of the molecule is O=C(Nc1ccccc1-c1ccccc1)C1CCCN(c2nc3ccccc3s2)C1. The van der Waals surface area contributed by atoms with Crippen LogP contribution in [0.3, 0.4) is 0 Å². The van der Waals surface area contributed by atoms with Gasteiger partial charge >= 0.3 is 0 Å². The highest BCUT2D eigenvalue weighted by Gasteiger charge is 2.28. The van der Waals surface area contributed by atoms with E-state index in [1.165, 1.54) is 4.70 Å². The molecule has 1 aliphatic rings. The van der Waals surface area contributed by atoms with E-state index in [0.717, 1.165) is 46.8 Å². The van der Waals surface area contributed by atoms with E-state index in [1.807, 2.05) is 54.6 Å². The Labute approximate surface area is 180 Å². The van der Waals surface area contributed by atoms with Crippen molar-refractivity contribution in [2.75, 3.05) is 23.3 Å². The Hall–Kier alpha value is -3.18. The van der Waals surface area contributed by atoms with Crippen LogP contribution in [0.1, 0.15) is 12.8 Å². The third kappa shape index (κ3) is 3.81. The van der Waals surface area contributed by atoms with Crippen LogP contribution in [0.5, 0.6) is 0 Å². The summed E-state index contributed by atoms with van der Waals surface area (Å²) in [6.07, 6.45) is 1.90. The number of fused-ring (bicyclic) bond motifs is 1. The Morgan fingerprint density at radius 3 is 2.60 bits per heavy atom. The van der Waals surface area contributed by atoms with Crippen molar-refractivity contribution in [3.05, 3.63) is 78.9 Å². The number of carbonyl (C=O) groups excluding carboxylic acids is 1. The maximum Gasteiger partial charge on any atom is 0.229 e. The predicted octanol–water partition coefficient (Wildman–Crippen LogP) is 5.82. The first kappa shape index (κ1) is 18.8. The fourth-order valence-corrected chi connectivity index (χ4v) is 5.06. The van der Waals surface area contributed by atoms with Gasteiger partial charge in [0.1, 0.15) is 0 Å². The zero-order valence-corrected chi connectivity index (χ0v) is 17.4. The predicted molar refractivity (Wildman–Crippen MR) is 125 cm³/mol. The summed E-state index contributed by atoms with van der Waals surface area (Å²) in [5.41, 5.74) is 4.05. The number of nitrogens with zero attached hydrogens (tertiary/aromatic N) is 2. The molecular weight excluding hydrogens is 390 g/mol. The summed E-state index contributed by atoms with van der Waals surface area (Å²) in [7, 11) is 0. The molecule has 3 aromatic carbocycles. The summed E-state index contributed by atoms with van der Waals surface area (Å²) in [5.74, 6) is 0.0405. The van der Waals surface area contributed by atoms with Gasteiger partial charge in [0, 0.05) is 24.3 Å². The smallest absolute Gasteiger partial charge is 0.229 e. The number of para-hydroxylation sites is 2. The second-order valence-corrected chi connectivity index (χ2v) is 8.66. The van der Waals surface area contributed by atoms with Gasteiger partial charge in [-0.05, 0) is 36.6 Å². The number of amides is 1. The van der Waals surface area contributed by atoms with Gasteiger partial charge in [-0.2, -0.15) is 0 Å². The molecule has 1 atom stereocenters. The van der Waals surface area contributed by atoms with Gasteiger partial charge in [0.15, 0.2) is 5.13 Å². The van der Waals surface area contributed by atoms with Gasteiger partial charge in [-0.25, -0.2) is 4.98 Å². The monoisotopic (exact) mass is 413 g/mol. The molecule has 1 aromatic heterocycles. The highest BCUT2D eigenvalue weighted by atomic mass is 32.1. The molecule has 1 fully saturated rings. The molecule has 30 heavy (non-hydrogen) atoms. The maximum atomic E-state index is 13.1. The molecule has 1 saturated heterocycles. The zero-order chi connectivity index (χ0) is 20.3. The first-order valence-corrected chi connectivity index (χ1v) is 11.2. The minimum atomic E-state index is -0.0467. The molecule has 1 N–H and O–H groups in total. The van der Waals surface area contributed by atoms with Crippen molar-refractivity contribution in [3.8, 4) is 11.1 Å². The molecule has 2 heterocycles. The van der Waals surface area contributed by atoms with Gasteiger partial charge in [-0.1, -0.05) is 72.0 Å². The van der Waals surface area contributed by atoms with Crippen molar-refractivity contribution < 1.29 is 4.79 Å². The normalized spacial score (nSPS) is 16.5. The lowest BCUT2D eigenvalue weighted by atomic mass is 9.96. The fourth-order valence-electron chi connectivity index (χ4n) is 4.06. The second-order valence-electron chi connectivity index (χ2n) is 7.65. The van der Waals surface area contributed by atoms with Crippen molar-refractivity contribution in [1.82, 2.24) is 4.98 Å². The molecular formula is C25H23N3OS. The number of aromatic nitrogens is 1. The summed E-state index contributed by atoms with van der Waals surface area (Å²) < 4.78 is 1.19. The Balaban J connectivity index is 1.33. The largest absolute Gasteiger partial charge is 0.347 e. The fraction of sp³-hybridized carbons (Fsp3) is 0.200. The van der Waals surface area contributed by atoms with Crippen LogP contribution < -0.4 is 10.2 Å². The molecule has 0 aliphatic carbocycles. The zero-order valence-electron chi connectivity index (χ0n) is 16.6.